The van der Waals surface area contributed by atoms with E-state index in [9.17, 15) is 23.6 Å². The summed E-state index contributed by atoms with van der Waals surface area (Å²) in [5, 5.41) is 2.27. The third-order valence-electron chi connectivity index (χ3n) is 6.86. The van der Waals surface area contributed by atoms with Gasteiger partial charge in [-0.1, -0.05) is 12.8 Å². The fourth-order valence-corrected chi connectivity index (χ4v) is 6.03. The van der Waals surface area contributed by atoms with E-state index in [0.29, 0.717) is 12.0 Å². The summed E-state index contributed by atoms with van der Waals surface area (Å²) in [6.45, 7) is 1.99. The number of likely N-dealkylation sites (tertiary alicyclic amines) is 1. The van der Waals surface area contributed by atoms with Crippen LogP contribution in [-0.4, -0.2) is 58.3 Å². The number of amides is 4. The summed E-state index contributed by atoms with van der Waals surface area (Å²) in [6, 6.07) is 2.28. The molecule has 0 radical (unpaired) electrons. The zero-order valence-electron chi connectivity index (χ0n) is 19.4. The lowest BCUT2D eigenvalue weighted by atomic mass is 10.0. The molecule has 34 heavy (non-hydrogen) atoms. The Morgan fingerprint density at radius 1 is 1.06 bits per heavy atom. The van der Waals surface area contributed by atoms with Gasteiger partial charge in [-0.3, -0.25) is 24.5 Å². The van der Waals surface area contributed by atoms with Crippen molar-refractivity contribution >= 4 is 35.4 Å². The number of imide groups is 1. The van der Waals surface area contributed by atoms with Crippen molar-refractivity contribution < 1.29 is 23.6 Å². The molecule has 1 aromatic carbocycles. The van der Waals surface area contributed by atoms with Crippen LogP contribution in [0.3, 0.4) is 0 Å². The van der Waals surface area contributed by atoms with Gasteiger partial charge in [0, 0.05) is 42.9 Å². The second-order valence-corrected chi connectivity index (χ2v) is 10.4. The number of carbonyl (C=O) groups excluding carboxylic acids is 4. The van der Waals surface area contributed by atoms with Crippen LogP contribution in [-0.2, 0) is 20.9 Å². The molecule has 0 aliphatic carbocycles. The van der Waals surface area contributed by atoms with E-state index in [0.717, 1.165) is 62.3 Å². The van der Waals surface area contributed by atoms with Crippen LogP contribution in [0.25, 0.3) is 0 Å². The Balaban J connectivity index is 1.24. The maximum absolute atomic E-state index is 14.5. The molecule has 1 unspecified atom stereocenters. The van der Waals surface area contributed by atoms with Gasteiger partial charge in [-0.15, -0.1) is 11.8 Å². The highest BCUT2D eigenvalue weighted by atomic mass is 32.2. The predicted molar refractivity (Wildman–Crippen MR) is 127 cm³/mol. The quantitative estimate of drug-likeness (QED) is 0.325. The van der Waals surface area contributed by atoms with E-state index in [-0.39, 0.29) is 36.8 Å². The molecule has 0 aromatic heterocycles. The van der Waals surface area contributed by atoms with Crippen LogP contribution in [0.1, 0.15) is 80.1 Å². The lowest BCUT2D eigenvalue weighted by Crippen LogP contribution is -2.52. The Labute approximate surface area is 203 Å². The van der Waals surface area contributed by atoms with E-state index in [1.54, 1.807) is 17.8 Å². The zero-order chi connectivity index (χ0) is 24.1. The van der Waals surface area contributed by atoms with Gasteiger partial charge in [-0.25, -0.2) is 4.39 Å². The number of piperidine rings is 2. The summed E-state index contributed by atoms with van der Waals surface area (Å²) in [7, 11) is 0. The zero-order valence-corrected chi connectivity index (χ0v) is 20.3. The molecular formula is C25H32FN3O4S. The van der Waals surface area contributed by atoms with Crippen molar-refractivity contribution in [2.75, 3.05) is 18.8 Å². The van der Waals surface area contributed by atoms with E-state index in [4.69, 9.17) is 0 Å². The molecule has 3 aliphatic rings. The minimum atomic E-state index is -0.748. The van der Waals surface area contributed by atoms with Crippen molar-refractivity contribution in [1.82, 2.24) is 15.1 Å². The fourth-order valence-electron chi connectivity index (χ4n) is 4.96. The SMILES string of the molecule is O=C1CCC(N2Cc3c(SCCCCCCC(=O)N4CCCCC4)ccc(F)c3C2=O)C(=O)N1. The van der Waals surface area contributed by atoms with Crippen molar-refractivity contribution in [2.45, 2.75) is 81.7 Å². The summed E-state index contributed by atoms with van der Waals surface area (Å²) >= 11 is 1.60. The molecule has 3 aliphatic heterocycles. The van der Waals surface area contributed by atoms with E-state index >= 15 is 0 Å². The number of nitrogens with zero attached hydrogens (tertiary/aromatic N) is 2. The third kappa shape index (κ3) is 5.62. The summed E-state index contributed by atoms with van der Waals surface area (Å²) in [6.07, 6.45) is 8.41. The number of nitrogens with one attached hydrogen (secondary N) is 1. The first-order valence-corrected chi connectivity index (χ1v) is 13.3. The summed E-state index contributed by atoms with van der Waals surface area (Å²) in [4.78, 5) is 53.0. The second kappa shape index (κ2) is 11.3. The standard InChI is InChI=1S/C25H32FN3O4S/c26-18-9-11-20(34-15-7-2-1-4-8-22(31)28-13-5-3-6-14-28)17-16-29(25(33)23(17)18)19-10-12-21(30)27-24(19)32/h9,11,19H,1-8,10,12-16H2,(H,27,30,32). The monoisotopic (exact) mass is 489 g/mol. The van der Waals surface area contributed by atoms with Gasteiger partial charge in [-0.05, 0) is 56.4 Å². The van der Waals surface area contributed by atoms with Gasteiger partial charge < -0.3 is 9.80 Å². The summed E-state index contributed by atoms with van der Waals surface area (Å²) in [5.41, 5.74) is 0.678. The Kier molecular flexibility index (Phi) is 8.24. The molecule has 4 rings (SSSR count). The van der Waals surface area contributed by atoms with Crippen LogP contribution < -0.4 is 5.32 Å². The van der Waals surface area contributed by atoms with Crippen LogP contribution in [0.2, 0.25) is 0 Å². The maximum atomic E-state index is 14.5. The molecule has 1 N–H and O–H groups in total. The van der Waals surface area contributed by atoms with Crippen molar-refractivity contribution in [3.05, 3.63) is 29.1 Å². The van der Waals surface area contributed by atoms with E-state index in [1.807, 2.05) is 4.90 Å². The lowest BCUT2D eigenvalue weighted by Gasteiger charge is -2.29. The number of rotatable bonds is 9. The highest BCUT2D eigenvalue weighted by molar-refractivity contribution is 7.99. The van der Waals surface area contributed by atoms with Crippen LogP contribution >= 0.6 is 11.8 Å². The second-order valence-electron chi connectivity index (χ2n) is 9.25. The van der Waals surface area contributed by atoms with Gasteiger partial charge >= 0.3 is 0 Å². The van der Waals surface area contributed by atoms with Crippen molar-refractivity contribution in [3.63, 3.8) is 0 Å². The Hall–Kier alpha value is -2.42. The molecule has 7 nitrogen and oxygen atoms in total. The van der Waals surface area contributed by atoms with Gasteiger partial charge in [0.25, 0.3) is 5.91 Å². The first-order valence-electron chi connectivity index (χ1n) is 12.3. The lowest BCUT2D eigenvalue weighted by molar-refractivity contribution is -0.137. The average Bonchev–Trinajstić information content (AvgIpc) is 3.18. The minimum absolute atomic E-state index is 0.0472. The van der Waals surface area contributed by atoms with Crippen LogP contribution in [0.5, 0.6) is 0 Å². The predicted octanol–water partition coefficient (Wildman–Crippen LogP) is 3.64. The number of unbranched alkanes of at least 4 members (excludes halogenated alkanes) is 3. The summed E-state index contributed by atoms with van der Waals surface area (Å²) in [5.74, 6) is -0.777. The maximum Gasteiger partial charge on any atom is 0.258 e. The van der Waals surface area contributed by atoms with Gasteiger partial charge in [-0.2, -0.15) is 0 Å². The molecule has 2 saturated heterocycles. The smallest absolute Gasteiger partial charge is 0.258 e. The van der Waals surface area contributed by atoms with Crippen LogP contribution in [0, 0.1) is 5.82 Å². The van der Waals surface area contributed by atoms with E-state index < -0.39 is 23.7 Å². The molecule has 3 heterocycles. The normalized spacial score (nSPS) is 20.5. The molecule has 0 bridgehead atoms. The van der Waals surface area contributed by atoms with Crippen LogP contribution in [0.4, 0.5) is 4.39 Å². The van der Waals surface area contributed by atoms with Gasteiger partial charge in [0.1, 0.15) is 11.9 Å². The summed E-state index contributed by atoms with van der Waals surface area (Å²) < 4.78 is 14.5. The topological polar surface area (TPSA) is 86.8 Å². The number of halogens is 1. The highest BCUT2D eigenvalue weighted by Gasteiger charge is 2.41. The third-order valence-corrected chi connectivity index (χ3v) is 8.05. The number of thioether (sulfide) groups is 1. The Bertz CT molecular complexity index is 964. The average molecular weight is 490 g/mol. The number of hydrogen-bond acceptors (Lipinski definition) is 5. The van der Waals surface area contributed by atoms with Gasteiger partial charge in [0.2, 0.25) is 17.7 Å². The molecule has 0 saturated carbocycles. The Morgan fingerprint density at radius 2 is 1.82 bits per heavy atom. The molecule has 9 heteroatoms. The molecular weight excluding hydrogens is 457 g/mol. The van der Waals surface area contributed by atoms with Crippen molar-refractivity contribution in [2.24, 2.45) is 0 Å². The number of benzene rings is 1. The van der Waals surface area contributed by atoms with Gasteiger partial charge in [0.15, 0.2) is 0 Å². The molecule has 0 spiro atoms. The molecule has 2 fully saturated rings. The first-order chi connectivity index (χ1) is 16.5. The first kappa shape index (κ1) is 24.7. The largest absolute Gasteiger partial charge is 0.343 e. The number of fused-ring (bicyclic) bond motifs is 1. The van der Waals surface area contributed by atoms with E-state index in [2.05, 4.69) is 5.32 Å². The highest BCUT2D eigenvalue weighted by Crippen LogP contribution is 2.36. The molecule has 4 amide bonds. The fraction of sp³-hybridized carbons (Fsp3) is 0.600. The molecule has 184 valence electrons. The van der Waals surface area contributed by atoms with Crippen molar-refractivity contribution in [1.29, 1.82) is 0 Å². The number of carbonyl (C=O) groups is 4. The minimum Gasteiger partial charge on any atom is -0.343 e. The van der Waals surface area contributed by atoms with Crippen molar-refractivity contribution in [3.8, 4) is 0 Å². The molecule has 1 aromatic rings. The van der Waals surface area contributed by atoms with Crippen LogP contribution in [0.15, 0.2) is 17.0 Å². The van der Waals surface area contributed by atoms with Gasteiger partial charge in [0.05, 0.1) is 5.56 Å². The Morgan fingerprint density at radius 3 is 2.59 bits per heavy atom. The number of hydrogen-bond donors (Lipinski definition) is 1. The van der Waals surface area contributed by atoms with E-state index in [1.165, 1.54) is 17.4 Å². The molecule has 1 atom stereocenters.